The number of halogens is 1. The molecule has 1 aliphatic rings. The highest BCUT2D eigenvalue weighted by atomic mass is 79.9. The summed E-state index contributed by atoms with van der Waals surface area (Å²) in [5.74, 6) is -1.60. The molecule has 0 bridgehead atoms. The molecule has 0 fully saturated rings. The van der Waals surface area contributed by atoms with Gasteiger partial charge in [-0.25, -0.2) is 4.79 Å². The van der Waals surface area contributed by atoms with E-state index in [1.54, 1.807) is 24.3 Å². The second kappa shape index (κ2) is 5.81. The standard InChI is InChI=1S/C17H10BrNO4/c18-13-14(19-10-7-5-9(6-8-10)17(22)23)16(21)12-4-2-1-3-11(12)15(13)20/h1-8,19H,(H,22,23). The lowest BCUT2D eigenvalue weighted by molar-refractivity contribution is 0.0696. The summed E-state index contributed by atoms with van der Waals surface area (Å²) in [6.45, 7) is 0. The van der Waals surface area contributed by atoms with Gasteiger partial charge in [0.25, 0.3) is 0 Å². The number of nitrogens with one attached hydrogen (secondary N) is 1. The normalized spacial score (nSPS) is 13.8. The van der Waals surface area contributed by atoms with Gasteiger partial charge in [0.05, 0.1) is 10.0 Å². The van der Waals surface area contributed by atoms with Gasteiger partial charge in [-0.15, -0.1) is 0 Å². The van der Waals surface area contributed by atoms with Crippen LogP contribution < -0.4 is 5.32 Å². The number of fused-ring (bicyclic) bond motifs is 1. The Morgan fingerprint density at radius 1 is 0.913 bits per heavy atom. The first-order chi connectivity index (χ1) is 11.0. The first kappa shape index (κ1) is 15.2. The molecule has 114 valence electrons. The Morgan fingerprint density at radius 2 is 1.48 bits per heavy atom. The number of carboxylic acids is 1. The molecule has 0 radical (unpaired) electrons. The van der Waals surface area contributed by atoms with Crippen LogP contribution in [0.25, 0.3) is 0 Å². The van der Waals surface area contributed by atoms with Crippen molar-refractivity contribution in [2.24, 2.45) is 0 Å². The number of carbonyl (C=O) groups is 3. The van der Waals surface area contributed by atoms with Gasteiger partial charge >= 0.3 is 5.97 Å². The minimum Gasteiger partial charge on any atom is -0.478 e. The summed E-state index contributed by atoms with van der Waals surface area (Å²) in [7, 11) is 0. The molecule has 3 rings (SSSR count). The van der Waals surface area contributed by atoms with E-state index in [9.17, 15) is 14.4 Å². The molecule has 0 spiro atoms. The van der Waals surface area contributed by atoms with Crippen molar-refractivity contribution >= 4 is 39.2 Å². The highest BCUT2D eigenvalue weighted by Crippen LogP contribution is 2.30. The number of hydrogen-bond donors (Lipinski definition) is 2. The van der Waals surface area contributed by atoms with Crippen LogP contribution in [0.1, 0.15) is 31.1 Å². The molecule has 1 aliphatic carbocycles. The van der Waals surface area contributed by atoms with Gasteiger partial charge in [-0.1, -0.05) is 24.3 Å². The first-order valence-electron chi connectivity index (χ1n) is 6.67. The fourth-order valence-corrected chi connectivity index (χ4v) is 2.79. The quantitative estimate of drug-likeness (QED) is 0.862. The molecule has 0 amide bonds. The van der Waals surface area contributed by atoms with Crippen LogP contribution in [0.4, 0.5) is 5.69 Å². The van der Waals surface area contributed by atoms with Crippen molar-refractivity contribution in [3.05, 3.63) is 75.4 Å². The number of benzene rings is 2. The van der Waals surface area contributed by atoms with Crippen LogP contribution in [0.3, 0.4) is 0 Å². The number of allylic oxidation sites excluding steroid dienone is 2. The molecule has 2 aromatic rings. The van der Waals surface area contributed by atoms with Gasteiger partial charge in [-0.3, -0.25) is 9.59 Å². The number of rotatable bonds is 3. The molecule has 2 N–H and O–H groups in total. The van der Waals surface area contributed by atoms with Gasteiger partial charge < -0.3 is 10.4 Å². The number of aromatic carboxylic acids is 1. The van der Waals surface area contributed by atoms with E-state index in [0.29, 0.717) is 16.8 Å². The molecule has 2 aromatic carbocycles. The fourth-order valence-electron chi connectivity index (χ4n) is 2.30. The Morgan fingerprint density at radius 3 is 2.04 bits per heavy atom. The van der Waals surface area contributed by atoms with E-state index in [1.165, 1.54) is 24.3 Å². The largest absolute Gasteiger partial charge is 0.478 e. The number of carboxylic acid groups (broad SMARTS) is 1. The van der Waals surface area contributed by atoms with Crippen molar-refractivity contribution in [2.45, 2.75) is 0 Å². The Bertz CT molecular complexity index is 868. The molecule has 0 aromatic heterocycles. The lowest BCUT2D eigenvalue weighted by atomic mass is 9.92. The summed E-state index contributed by atoms with van der Waals surface area (Å²) in [5, 5.41) is 11.8. The summed E-state index contributed by atoms with van der Waals surface area (Å²) < 4.78 is 0.156. The predicted octanol–water partition coefficient (Wildman–Crippen LogP) is 3.48. The average molecular weight is 372 g/mol. The van der Waals surface area contributed by atoms with Crippen LogP contribution in [-0.4, -0.2) is 22.6 Å². The predicted molar refractivity (Wildman–Crippen MR) is 88.1 cm³/mol. The Labute approximate surface area is 139 Å². The van der Waals surface area contributed by atoms with Crippen LogP contribution in [0, 0.1) is 0 Å². The van der Waals surface area contributed by atoms with E-state index in [4.69, 9.17) is 5.11 Å². The molecule has 0 saturated carbocycles. The molecule has 23 heavy (non-hydrogen) atoms. The van der Waals surface area contributed by atoms with Gasteiger partial charge in [-0.05, 0) is 40.2 Å². The summed E-state index contributed by atoms with van der Waals surface area (Å²) in [6, 6.07) is 12.5. The summed E-state index contributed by atoms with van der Waals surface area (Å²) in [5.41, 5.74) is 1.49. The Hall–Kier alpha value is -2.73. The van der Waals surface area contributed by atoms with Crippen molar-refractivity contribution in [3.63, 3.8) is 0 Å². The van der Waals surface area contributed by atoms with Crippen LogP contribution in [0.5, 0.6) is 0 Å². The maximum atomic E-state index is 12.6. The second-order valence-electron chi connectivity index (χ2n) is 4.90. The van der Waals surface area contributed by atoms with Crippen molar-refractivity contribution in [1.82, 2.24) is 0 Å². The summed E-state index contributed by atoms with van der Waals surface area (Å²) in [6.07, 6.45) is 0. The van der Waals surface area contributed by atoms with Crippen molar-refractivity contribution in [3.8, 4) is 0 Å². The van der Waals surface area contributed by atoms with E-state index in [-0.39, 0.29) is 27.3 Å². The maximum absolute atomic E-state index is 12.6. The van der Waals surface area contributed by atoms with Crippen LogP contribution in [0.15, 0.2) is 58.7 Å². The third-order valence-electron chi connectivity index (χ3n) is 3.46. The fraction of sp³-hybridized carbons (Fsp3) is 0. The first-order valence-corrected chi connectivity index (χ1v) is 7.47. The number of Topliss-reactive ketones (excluding diaryl/α,β-unsaturated/α-hetero) is 2. The maximum Gasteiger partial charge on any atom is 0.335 e. The van der Waals surface area contributed by atoms with Gasteiger partial charge in [0, 0.05) is 16.8 Å². The van der Waals surface area contributed by atoms with Crippen LogP contribution in [-0.2, 0) is 0 Å². The Balaban J connectivity index is 1.96. The lowest BCUT2D eigenvalue weighted by Gasteiger charge is -2.19. The van der Waals surface area contributed by atoms with E-state index >= 15 is 0 Å². The molecule has 0 saturated heterocycles. The number of hydrogen-bond acceptors (Lipinski definition) is 4. The average Bonchev–Trinajstić information content (AvgIpc) is 2.57. The van der Waals surface area contributed by atoms with Gasteiger partial charge in [0.1, 0.15) is 5.70 Å². The van der Waals surface area contributed by atoms with Gasteiger partial charge in [0.2, 0.25) is 11.6 Å². The lowest BCUT2D eigenvalue weighted by Crippen LogP contribution is -2.24. The second-order valence-corrected chi connectivity index (χ2v) is 5.69. The van der Waals surface area contributed by atoms with E-state index in [2.05, 4.69) is 21.2 Å². The summed E-state index contributed by atoms with van der Waals surface area (Å²) in [4.78, 5) is 35.7. The topological polar surface area (TPSA) is 83.5 Å². The summed E-state index contributed by atoms with van der Waals surface area (Å²) >= 11 is 3.18. The third-order valence-corrected chi connectivity index (χ3v) is 4.22. The molecule has 6 heteroatoms. The minimum atomic E-state index is -1.03. The highest BCUT2D eigenvalue weighted by molar-refractivity contribution is 9.12. The highest BCUT2D eigenvalue weighted by Gasteiger charge is 2.30. The SMILES string of the molecule is O=C(O)c1ccc(NC2=C(Br)C(=O)c3ccccc3C2=O)cc1. The zero-order valence-electron chi connectivity index (χ0n) is 11.7. The molecule has 5 nitrogen and oxygen atoms in total. The molecule has 0 unspecified atom stereocenters. The molecule has 0 atom stereocenters. The van der Waals surface area contributed by atoms with Crippen molar-refractivity contribution < 1.29 is 19.5 Å². The third kappa shape index (κ3) is 2.68. The molecular weight excluding hydrogens is 362 g/mol. The van der Waals surface area contributed by atoms with E-state index < -0.39 is 5.97 Å². The Kier molecular flexibility index (Phi) is 3.83. The van der Waals surface area contributed by atoms with Crippen molar-refractivity contribution in [1.29, 1.82) is 0 Å². The van der Waals surface area contributed by atoms with Crippen LogP contribution >= 0.6 is 15.9 Å². The van der Waals surface area contributed by atoms with E-state index in [0.717, 1.165) is 0 Å². The van der Waals surface area contributed by atoms with Gasteiger partial charge in [0.15, 0.2) is 0 Å². The van der Waals surface area contributed by atoms with E-state index in [1.807, 2.05) is 0 Å². The minimum absolute atomic E-state index is 0.136. The monoisotopic (exact) mass is 371 g/mol. The number of ketones is 2. The van der Waals surface area contributed by atoms with Crippen molar-refractivity contribution in [2.75, 3.05) is 5.32 Å². The number of anilines is 1. The van der Waals surface area contributed by atoms with Gasteiger partial charge in [-0.2, -0.15) is 0 Å². The molecular formula is C17H10BrNO4. The molecule has 0 heterocycles. The number of carbonyl (C=O) groups excluding carboxylic acids is 2. The zero-order chi connectivity index (χ0) is 16.6. The molecule has 0 aliphatic heterocycles. The zero-order valence-corrected chi connectivity index (χ0v) is 13.3. The smallest absolute Gasteiger partial charge is 0.335 e. The van der Waals surface area contributed by atoms with Crippen LogP contribution in [0.2, 0.25) is 0 Å².